The van der Waals surface area contributed by atoms with Crippen LogP contribution in [-0.2, 0) is 0 Å². The van der Waals surface area contributed by atoms with Crippen molar-refractivity contribution >= 4 is 5.91 Å². The van der Waals surface area contributed by atoms with Crippen LogP contribution in [0.2, 0.25) is 0 Å². The molecular formula is C23H25FN4O2. The van der Waals surface area contributed by atoms with Crippen LogP contribution in [0.4, 0.5) is 4.39 Å². The van der Waals surface area contributed by atoms with E-state index in [9.17, 15) is 9.18 Å². The number of hydrogen-bond donors (Lipinski definition) is 0. The second-order valence-electron chi connectivity index (χ2n) is 7.30. The van der Waals surface area contributed by atoms with Crippen molar-refractivity contribution in [2.45, 2.75) is 6.92 Å². The predicted molar refractivity (Wildman–Crippen MR) is 113 cm³/mol. The number of piperazine rings is 1. The molecule has 30 heavy (non-hydrogen) atoms. The lowest BCUT2D eigenvalue weighted by molar-refractivity contribution is 0.0619. The number of rotatable bonds is 6. The van der Waals surface area contributed by atoms with Gasteiger partial charge < -0.3 is 9.64 Å². The predicted octanol–water partition coefficient (Wildman–Crippen LogP) is 3.16. The Bertz CT molecular complexity index is 997. The number of ether oxygens (including phenoxy) is 1. The second-order valence-corrected chi connectivity index (χ2v) is 7.30. The lowest BCUT2D eigenvalue weighted by Gasteiger charge is -2.34. The Balaban J connectivity index is 1.32. The molecule has 2 aromatic carbocycles. The number of aromatic nitrogens is 2. The Kier molecular flexibility index (Phi) is 6.09. The van der Waals surface area contributed by atoms with Crippen LogP contribution in [0, 0.1) is 12.7 Å². The highest BCUT2D eigenvalue weighted by atomic mass is 19.1. The van der Waals surface area contributed by atoms with E-state index >= 15 is 0 Å². The van der Waals surface area contributed by atoms with Crippen molar-refractivity contribution in [3.05, 3.63) is 77.9 Å². The van der Waals surface area contributed by atoms with Crippen LogP contribution in [0.5, 0.6) is 5.75 Å². The zero-order chi connectivity index (χ0) is 20.9. The van der Waals surface area contributed by atoms with E-state index in [2.05, 4.69) is 10.00 Å². The van der Waals surface area contributed by atoms with Crippen LogP contribution in [0.3, 0.4) is 0 Å². The van der Waals surface area contributed by atoms with Crippen LogP contribution in [0.15, 0.2) is 60.8 Å². The van der Waals surface area contributed by atoms with Crippen molar-refractivity contribution in [3.63, 3.8) is 0 Å². The first kappa shape index (κ1) is 20.1. The molecule has 1 aliphatic heterocycles. The Hall–Kier alpha value is -3.19. The molecular weight excluding hydrogens is 383 g/mol. The smallest absolute Gasteiger partial charge is 0.257 e. The number of nitrogens with zero attached hydrogens (tertiary/aromatic N) is 4. The molecule has 1 aliphatic rings. The summed E-state index contributed by atoms with van der Waals surface area (Å²) in [7, 11) is 0. The first-order chi connectivity index (χ1) is 14.6. The number of carbonyl (C=O) groups is 1. The lowest BCUT2D eigenvalue weighted by atomic mass is 10.2. The summed E-state index contributed by atoms with van der Waals surface area (Å²) < 4.78 is 21.3. The summed E-state index contributed by atoms with van der Waals surface area (Å²) in [6, 6.07) is 16.2. The molecule has 6 nitrogen and oxygen atoms in total. The van der Waals surface area contributed by atoms with Crippen molar-refractivity contribution < 1.29 is 13.9 Å². The van der Waals surface area contributed by atoms with Crippen LogP contribution < -0.4 is 4.74 Å². The van der Waals surface area contributed by atoms with Gasteiger partial charge in [-0.2, -0.15) is 5.10 Å². The molecule has 1 amide bonds. The molecule has 0 N–H and O–H groups in total. The van der Waals surface area contributed by atoms with Gasteiger partial charge in [-0.15, -0.1) is 0 Å². The quantitative estimate of drug-likeness (QED) is 0.629. The minimum absolute atomic E-state index is 0.0599. The molecule has 3 aromatic rings. The number of hydrogen-bond acceptors (Lipinski definition) is 4. The number of para-hydroxylation sites is 2. The summed E-state index contributed by atoms with van der Waals surface area (Å²) in [5, 5.41) is 4.25. The van der Waals surface area contributed by atoms with Crippen molar-refractivity contribution in [1.82, 2.24) is 19.6 Å². The molecule has 0 saturated carbocycles. The van der Waals surface area contributed by atoms with Crippen molar-refractivity contribution in [2.24, 2.45) is 0 Å². The maximum absolute atomic E-state index is 14.1. The van der Waals surface area contributed by atoms with E-state index in [0.29, 0.717) is 36.6 Å². The third kappa shape index (κ3) is 4.36. The fourth-order valence-corrected chi connectivity index (χ4v) is 3.64. The maximum Gasteiger partial charge on any atom is 0.257 e. The molecule has 0 radical (unpaired) electrons. The zero-order valence-corrected chi connectivity index (χ0v) is 17.0. The molecule has 4 rings (SSSR count). The topological polar surface area (TPSA) is 50.6 Å². The number of benzene rings is 2. The maximum atomic E-state index is 14.1. The van der Waals surface area contributed by atoms with E-state index < -0.39 is 0 Å². The SMILES string of the molecule is Cc1c(C(=O)N2CCN(CCOc3ccccc3)CC2)cnn1-c1ccccc1F. The van der Waals surface area contributed by atoms with Gasteiger partial charge in [0.05, 0.1) is 17.5 Å². The zero-order valence-electron chi connectivity index (χ0n) is 17.0. The van der Waals surface area contributed by atoms with Gasteiger partial charge in [0.25, 0.3) is 5.91 Å². The van der Waals surface area contributed by atoms with Crippen molar-refractivity contribution in [3.8, 4) is 11.4 Å². The molecule has 156 valence electrons. The van der Waals surface area contributed by atoms with Gasteiger partial charge in [0, 0.05) is 32.7 Å². The van der Waals surface area contributed by atoms with Crippen LogP contribution in [0.25, 0.3) is 5.69 Å². The fraction of sp³-hybridized carbons (Fsp3) is 0.304. The van der Waals surface area contributed by atoms with E-state index in [1.807, 2.05) is 35.2 Å². The fourth-order valence-electron chi connectivity index (χ4n) is 3.64. The monoisotopic (exact) mass is 408 g/mol. The minimum Gasteiger partial charge on any atom is -0.492 e. The Morgan fingerprint density at radius 2 is 1.73 bits per heavy atom. The Morgan fingerprint density at radius 3 is 2.47 bits per heavy atom. The average Bonchev–Trinajstić information content (AvgIpc) is 3.16. The van der Waals surface area contributed by atoms with Gasteiger partial charge in [0.2, 0.25) is 0 Å². The highest BCUT2D eigenvalue weighted by Gasteiger charge is 2.25. The van der Waals surface area contributed by atoms with E-state index in [1.165, 1.54) is 16.9 Å². The van der Waals surface area contributed by atoms with E-state index in [0.717, 1.165) is 25.4 Å². The lowest BCUT2D eigenvalue weighted by Crippen LogP contribution is -2.49. The van der Waals surface area contributed by atoms with Crippen LogP contribution >= 0.6 is 0 Å². The highest BCUT2D eigenvalue weighted by molar-refractivity contribution is 5.95. The molecule has 0 bridgehead atoms. The summed E-state index contributed by atoms with van der Waals surface area (Å²) >= 11 is 0. The summed E-state index contributed by atoms with van der Waals surface area (Å²) in [5.74, 6) is 0.443. The summed E-state index contributed by atoms with van der Waals surface area (Å²) in [6.07, 6.45) is 1.53. The number of amides is 1. The molecule has 2 heterocycles. The third-order valence-corrected chi connectivity index (χ3v) is 5.40. The van der Waals surface area contributed by atoms with Gasteiger partial charge in [-0.05, 0) is 31.2 Å². The molecule has 1 saturated heterocycles. The molecule has 0 spiro atoms. The minimum atomic E-state index is -0.367. The van der Waals surface area contributed by atoms with Crippen molar-refractivity contribution in [1.29, 1.82) is 0 Å². The number of halogens is 1. The molecule has 0 aliphatic carbocycles. The normalized spacial score (nSPS) is 14.7. The number of carbonyl (C=O) groups excluding carboxylic acids is 1. The van der Waals surface area contributed by atoms with Gasteiger partial charge >= 0.3 is 0 Å². The largest absolute Gasteiger partial charge is 0.492 e. The van der Waals surface area contributed by atoms with Gasteiger partial charge in [-0.1, -0.05) is 30.3 Å². The van der Waals surface area contributed by atoms with Gasteiger partial charge in [-0.25, -0.2) is 9.07 Å². The van der Waals surface area contributed by atoms with E-state index in [-0.39, 0.29) is 11.7 Å². The highest BCUT2D eigenvalue weighted by Crippen LogP contribution is 2.19. The van der Waals surface area contributed by atoms with Gasteiger partial charge in [0.15, 0.2) is 0 Å². The average molecular weight is 408 g/mol. The molecule has 1 aromatic heterocycles. The molecule has 0 atom stereocenters. The first-order valence-electron chi connectivity index (χ1n) is 10.1. The molecule has 7 heteroatoms. The Morgan fingerprint density at radius 1 is 1.03 bits per heavy atom. The van der Waals surface area contributed by atoms with Crippen LogP contribution in [0.1, 0.15) is 16.1 Å². The second kappa shape index (κ2) is 9.09. The summed E-state index contributed by atoms with van der Waals surface area (Å²) in [4.78, 5) is 17.1. The third-order valence-electron chi connectivity index (χ3n) is 5.40. The standard InChI is InChI=1S/C23H25FN4O2/c1-18-20(17-25-28(18)22-10-6-5-9-21(22)24)23(29)27-13-11-26(12-14-27)15-16-30-19-7-3-2-4-8-19/h2-10,17H,11-16H2,1H3. The van der Waals surface area contributed by atoms with E-state index in [1.54, 1.807) is 25.1 Å². The van der Waals surface area contributed by atoms with Crippen LogP contribution in [-0.4, -0.2) is 64.8 Å². The van der Waals surface area contributed by atoms with Crippen molar-refractivity contribution in [2.75, 3.05) is 39.3 Å². The van der Waals surface area contributed by atoms with Gasteiger partial charge in [-0.3, -0.25) is 9.69 Å². The summed E-state index contributed by atoms with van der Waals surface area (Å²) in [5.41, 5.74) is 1.50. The summed E-state index contributed by atoms with van der Waals surface area (Å²) in [6.45, 7) is 6.12. The Labute approximate surface area is 175 Å². The first-order valence-corrected chi connectivity index (χ1v) is 10.1. The van der Waals surface area contributed by atoms with E-state index in [4.69, 9.17) is 4.74 Å². The molecule has 0 unspecified atom stereocenters. The van der Waals surface area contributed by atoms with Gasteiger partial charge in [0.1, 0.15) is 23.9 Å². The molecule has 1 fully saturated rings.